The van der Waals surface area contributed by atoms with Crippen LogP contribution in [0.15, 0.2) is 11.6 Å². The fraction of sp³-hybridized carbons (Fsp3) is 0.786. The van der Waals surface area contributed by atoms with E-state index < -0.39 is 5.60 Å². The molecule has 0 bridgehead atoms. The standard InChI is InChI=1S/C14H24O2/c1-13(2,3)14(4,5)16-12(15)11-9-7-6-8-10-11/h9H,6-8,10H2,1-5H3. The van der Waals surface area contributed by atoms with Crippen LogP contribution >= 0.6 is 0 Å². The Bertz CT molecular complexity index is 292. The molecular formula is C14H24O2. The molecule has 0 aromatic carbocycles. The second-order valence-corrected chi connectivity index (χ2v) is 6.12. The highest BCUT2D eigenvalue weighted by Gasteiger charge is 2.37. The first-order valence-electron chi connectivity index (χ1n) is 6.16. The Labute approximate surface area is 99.1 Å². The van der Waals surface area contributed by atoms with Crippen LogP contribution in [-0.4, -0.2) is 11.6 Å². The summed E-state index contributed by atoms with van der Waals surface area (Å²) < 4.78 is 5.63. The van der Waals surface area contributed by atoms with E-state index in [0.29, 0.717) is 0 Å². The minimum Gasteiger partial charge on any atom is -0.456 e. The molecule has 0 aromatic rings. The lowest BCUT2D eigenvalue weighted by Crippen LogP contribution is -2.41. The normalized spacial score (nSPS) is 17.9. The van der Waals surface area contributed by atoms with Crippen molar-refractivity contribution in [1.29, 1.82) is 0 Å². The second kappa shape index (κ2) is 4.60. The van der Waals surface area contributed by atoms with Crippen molar-refractivity contribution in [2.75, 3.05) is 0 Å². The Balaban J connectivity index is 2.67. The van der Waals surface area contributed by atoms with Crippen LogP contribution in [0, 0.1) is 5.41 Å². The van der Waals surface area contributed by atoms with Crippen molar-refractivity contribution in [3.05, 3.63) is 11.6 Å². The van der Waals surface area contributed by atoms with Crippen molar-refractivity contribution < 1.29 is 9.53 Å². The maximum Gasteiger partial charge on any atom is 0.334 e. The SMILES string of the molecule is CC(C)(C)C(C)(C)OC(=O)C1=CCCCC1. The van der Waals surface area contributed by atoms with Crippen LogP contribution < -0.4 is 0 Å². The minimum absolute atomic E-state index is 0.0438. The summed E-state index contributed by atoms with van der Waals surface area (Å²) in [4.78, 5) is 12.0. The third kappa shape index (κ3) is 3.10. The molecule has 92 valence electrons. The fourth-order valence-corrected chi connectivity index (χ4v) is 1.47. The topological polar surface area (TPSA) is 26.3 Å². The van der Waals surface area contributed by atoms with E-state index >= 15 is 0 Å². The molecule has 0 fully saturated rings. The van der Waals surface area contributed by atoms with E-state index in [2.05, 4.69) is 20.8 Å². The molecule has 0 saturated carbocycles. The fourth-order valence-electron chi connectivity index (χ4n) is 1.47. The molecule has 0 N–H and O–H groups in total. The summed E-state index contributed by atoms with van der Waals surface area (Å²) in [7, 11) is 0. The Morgan fingerprint density at radius 2 is 1.81 bits per heavy atom. The third-order valence-corrected chi connectivity index (χ3v) is 3.71. The molecule has 0 aliphatic heterocycles. The van der Waals surface area contributed by atoms with Crippen molar-refractivity contribution in [2.45, 2.75) is 65.9 Å². The Morgan fingerprint density at radius 1 is 1.19 bits per heavy atom. The van der Waals surface area contributed by atoms with E-state index in [0.717, 1.165) is 24.8 Å². The summed E-state index contributed by atoms with van der Waals surface area (Å²) in [5.74, 6) is -0.125. The molecule has 0 spiro atoms. The molecule has 0 saturated heterocycles. The van der Waals surface area contributed by atoms with Crippen LogP contribution in [0.5, 0.6) is 0 Å². The molecule has 1 rings (SSSR count). The van der Waals surface area contributed by atoms with Crippen LogP contribution in [0.4, 0.5) is 0 Å². The van der Waals surface area contributed by atoms with Crippen LogP contribution in [-0.2, 0) is 9.53 Å². The molecule has 0 radical (unpaired) electrons. The molecule has 0 amide bonds. The van der Waals surface area contributed by atoms with Crippen molar-refractivity contribution in [3.8, 4) is 0 Å². The Hall–Kier alpha value is -0.790. The van der Waals surface area contributed by atoms with Gasteiger partial charge in [-0.1, -0.05) is 26.8 Å². The number of esters is 1. The van der Waals surface area contributed by atoms with Gasteiger partial charge in [-0.25, -0.2) is 4.79 Å². The van der Waals surface area contributed by atoms with E-state index in [9.17, 15) is 4.79 Å². The van der Waals surface area contributed by atoms with E-state index in [4.69, 9.17) is 4.74 Å². The maximum absolute atomic E-state index is 12.0. The van der Waals surface area contributed by atoms with Crippen molar-refractivity contribution in [2.24, 2.45) is 5.41 Å². The van der Waals surface area contributed by atoms with Gasteiger partial charge in [-0.05, 0) is 39.5 Å². The average Bonchev–Trinajstić information content (AvgIpc) is 2.16. The number of ether oxygens (including phenoxy) is 1. The molecule has 0 atom stereocenters. The van der Waals surface area contributed by atoms with Crippen LogP contribution in [0.2, 0.25) is 0 Å². The zero-order chi connectivity index (χ0) is 12.4. The van der Waals surface area contributed by atoms with Gasteiger partial charge in [0.05, 0.1) is 0 Å². The summed E-state index contributed by atoms with van der Waals surface area (Å²) >= 11 is 0. The van der Waals surface area contributed by atoms with Crippen molar-refractivity contribution in [3.63, 3.8) is 0 Å². The Morgan fingerprint density at radius 3 is 2.25 bits per heavy atom. The lowest BCUT2D eigenvalue weighted by Gasteiger charge is -2.38. The molecule has 2 nitrogen and oxygen atoms in total. The number of carbonyl (C=O) groups is 1. The lowest BCUT2D eigenvalue weighted by molar-refractivity contribution is -0.162. The zero-order valence-corrected chi connectivity index (χ0v) is 11.2. The molecule has 16 heavy (non-hydrogen) atoms. The van der Waals surface area contributed by atoms with Gasteiger partial charge in [0.2, 0.25) is 0 Å². The van der Waals surface area contributed by atoms with Gasteiger partial charge in [-0.3, -0.25) is 0 Å². The third-order valence-electron chi connectivity index (χ3n) is 3.71. The summed E-state index contributed by atoms with van der Waals surface area (Å²) in [6, 6.07) is 0. The van der Waals surface area contributed by atoms with Gasteiger partial charge in [-0.2, -0.15) is 0 Å². The average molecular weight is 224 g/mol. The largest absolute Gasteiger partial charge is 0.456 e. The van der Waals surface area contributed by atoms with Crippen molar-refractivity contribution in [1.82, 2.24) is 0 Å². The second-order valence-electron chi connectivity index (χ2n) is 6.12. The van der Waals surface area contributed by atoms with Gasteiger partial charge in [-0.15, -0.1) is 0 Å². The quantitative estimate of drug-likeness (QED) is 0.666. The highest BCUT2D eigenvalue weighted by atomic mass is 16.6. The van der Waals surface area contributed by atoms with Crippen LogP contribution in [0.1, 0.15) is 60.3 Å². The summed E-state index contributed by atoms with van der Waals surface area (Å²) in [6.07, 6.45) is 6.22. The Kier molecular flexibility index (Phi) is 3.82. The molecule has 0 heterocycles. The molecule has 0 unspecified atom stereocenters. The first kappa shape index (κ1) is 13.3. The summed E-state index contributed by atoms with van der Waals surface area (Å²) in [5, 5.41) is 0. The zero-order valence-electron chi connectivity index (χ0n) is 11.2. The van der Waals surface area contributed by atoms with E-state index in [1.54, 1.807) is 0 Å². The molecule has 1 aliphatic rings. The summed E-state index contributed by atoms with van der Waals surface area (Å²) in [6.45, 7) is 10.2. The van der Waals surface area contributed by atoms with E-state index in [1.165, 1.54) is 6.42 Å². The number of hydrogen-bond acceptors (Lipinski definition) is 2. The monoisotopic (exact) mass is 224 g/mol. The first-order chi connectivity index (χ1) is 7.24. The predicted molar refractivity (Wildman–Crippen MR) is 66.2 cm³/mol. The number of allylic oxidation sites excluding steroid dienone is 1. The lowest BCUT2D eigenvalue weighted by atomic mass is 9.79. The number of hydrogen-bond donors (Lipinski definition) is 0. The minimum atomic E-state index is -0.428. The smallest absolute Gasteiger partial charge is 0.334 e. The van der Waals surface area contributed by atoms with Gasteiger partial charge in [0.15, 0.2) is 0 Å². The van der Waals surface area contributed by atoms with Crippen LogP contribution in [0.3, 0.4) is 0 Å². The van der Waals surface area contributed by atoms with Gasteiger partial charge in [0, 0.05) is 11.0 Å². The van der Waals surface area contributed by atoms with Gasteiger partial charge in [0.1, 0.15) is 5.60 Å². The highest BCUT2D eigenvalue weighted by Crippen LogP contribution is 2.34. The first-order valence-corrected chi connectivity index (χ1v) is 6.16. The number of rotatable bonds is 2. The van der Waals surface area contributed by atoms with Crippen molar-refractivity contribution >= 4 is 5.97 Å². The highest BCUT2D eigenvalue weighted by molar-refractivity contribution is 5.88. The van der Waals surface area contributed by atoms with Gasteiger partial charge >= 0.3 is 5.97 Å². The van der Waals surface area contributed by atoms with E-state index in [-0.39, 0.29) is 11.4 Å². The van der Waals surface area contributed by atoms with Gasteiger partial charge < -0.3 is 4.74 Å². The summed E-state index contributed by atoms with van der Waals surface area (Å²) in [5.41, 5.74) is 0.392. The van der Waals surface area contributed by atoms with E-state index in [1.807, 2.05) is 19.9 Å². The molecule has 2 heteroatoms. The number of carbonyl (C=O) groups excluding carboxylic acids is 1. The van der Waals surface area contributed by atoms with Crippen LogP contribution in [0.25, 0.3) is 0 Å². The molecular weight excluding hydrogens is 200 g/mol. The van der Waals surface area contributed by atoms with Gasteiger partial charge in [0.25, 0.3) is 0 Å². The maximum atomic E-state index is 12.0. The predicted octanol–water partition coefficient (Wildman–Crippen LogP) is 3.85. The molecule has 1 aliphatic carbocycles. The molecule has 0 aromatic heterocycles.